The van der Waals surface area contributed by atoms with Gasteiger partial charge in [-0.25, -0.2) is 0 Å². The first-order valence-electron chi connectivity index (χ1n) is 10.2. The van der Waals surface area contributed by atoms with Crippen molar-refractivity contribution in [1.82, 2.24) is 0 Å². The number of nitrogens with zero attached hydrogens (tertiary/aromatic N) is 1. The average Bonchev–Trinajstić information content (AvgIpc) is 3.27. The van der Waals surface area contributed by atoms with E-state index in [1.54, 1.807) is 25.4 Å². The van der Waals surface area contributed by atoms with Gasteiger partial charge in [-0.15, -0.1) is 11.3 Å². The van der Waals surface area contributed by atoms with Gasteiger partial charge >= 0.3 is 5.97 Å². The van der Waals surface area contributed by atoms with Crippen molar-refractivity contribution in [3.05, 3.63) is 63.5 Å². The van der Waals surface area contributed by atoms with E-state index in [1.807, 2.05) is 48.7 Å². The fraction of sp³-hybridized carbons (Fsp3) is 0.375. The Kier molecular flexibility index (Phi) is 5.86. The Hall–Kier alpha value is -2.73. The van der Waals surface area contributed by atoms with E-state index in [0.29, 0.717) is 30.7 Å². The summed E-state index contributed by atoms with van der Waals surface area (Å²) >= 11 is 1.57. The van der Waals surface area contributed by atoms with Gasteiger partial charge in [0, 0.05) is 34.2 Å². The molecule has 4 rings (SSSR count). The van der Waals surface area contributed by atoms with Crippen molar-refractivity contribution in [2.45, 2.75) is 38.5 Å². The summed E-state index contributed by atoms with van der Waals surface area (Å²) in [6.45, 7) is 3.97. The summed E-state index contributed by atoms with van der Waals surface area (Å²) in [4.78, 5) is 31.9. The predicted molar refractivity (Wildman–Crippen MR) is 117 cm³/mol. The molecule has 0 N–H and O–H groups in total. The molecule has 1 aliphatic heterocycles. The summed E-state index contributed by atoms with van der Waals surface area (Å²) in [7, 11) is 1.64. The van der Waals surface area contributed by atoms with Crippen LogP contribution in [0.3, 0.4) is 0 Å². The Bertz CT molecular complexity index is 1000. The van der Waals surface area contributed by atoms with Gasteiger partial charge in [-0.3, -0.25) is 14.6 Å². The van der Waals surface area contributed by atoms with E-state index in [2.05, 4.69) is 0 Å². The lowest BCUT2D eigenvalue weighted by Gasteiger charge is -2.35. The van der Waals surface area contributed by atoms with Gasteiger partial charge in [0.15, 0.2) is 5.78 Å². The van der Waals surface area contributed by atoms with Gasteiger partial charge in [0.1, 0.15) is 11.7 Å². The van der Waals surface area contributed by atoms with Gasteiger partial charge in [-0.2, -0.15) is 0 Å². The number of Topliss-reactive ketones (excluding diaryl/α,β-unsaturated/α-hetero) is 1. The quantitative estimate of drug-likeness (QED) is 0.642. The van der Waals surface area contributed by atoms with E-state index in [-0.39, 0.29) is 23.6 Å². The van der Waals surface area contributed by atoms with Crippen LogP contribution in [0.4, 0.5) is 0 Å². The van der Waals surface area contributed by atoms with Gasteiger partial charge < -0.3 is 9.47 Å². The summed E-state index contributed by atoms with van der Waals surface area (Å²) in [5.41, 5.74) is 3.31. The van der Waals surface area contributed by atoms with Crippen LogP contribution >= 0.6 is 11.3 Å². The minimum atomic E-state index is -0.552. The Morgan fingerprint density at radius 3 is 2.60 bits per heavy atom. The first kappa shape index (κ1) is 20.5. The highest BCUT2D eigenvalue weighted by Gasteiger charge is 2.45. The number of rotatable bonds is 5. The number of ether oxygens (including phenoxy) is 2. The third-order valence-corrected chi connectivity index (χ3v) is 6.82. The second-order valence-electron chi connectivity index (χ2n) is 7.64. The maximum atomic E-state index is 13.4. The molecule has 0 spiro atoms. The van der Waals surface area contributed by atoms with E-state index in [4.69, 9.17) is 14.5 Å². The van der Waals surface area contributed by atoms with Gasteiger partial charge in [-0.1, -0.05) is 18.2 Å². The molecule has 6 heteroatoms. The molecule has 0 fully saturated rings. The van der Waals surface area contributed by atoms with Gasteiger partial charge in [-0.05, 0) is 55.3 Å². The van der Waals surface area contributed by atoms with Gasteiger partial charge in [0.05, 0.1) is 13.7 Å². The second kappa shape index (κ2) is 8.56. The van der Waals surface area contributed by atoms with Crippen LogP contribution in [0.25, 0.3) is 0 Å². The molecule has 0 saturated carbocycles. The van der Waals surface area contributed by atoms with Gasteiger partial charge in [0.2, 0.25) is 0 Å². The van der Waals surface area contributed by atoms with Crippen LogP contribution in [0.1, 0.15) is 49.0 Å². The molecule has 1 unspecified atom stereocenters. The normalized spacial score (nSPS) is 23.6. The number of benzene rings is 1. The molecule has 30 heavy (non-hydrogen) atoms. The molecular weight excluding hydrogens is 398 g/mol. The summed E-state index contributed by atoms with van der Waals surface area (Å²) in [5.74, 6) is -0.247. The molecule has 3 atom stereocenters. The standard InChI is InChI=1S/C24H25NO4S/c1-4-29-24(27)21-14(2)25-18-12-16(15-7-9-17(28-3)10-8-15)13-19(26)22(18)23(21)20-6-5-11-30-20/h5-11,16,21,23H,4,12-13H2,1-3H3/t16-,21?,23+/m0/s1. The third-order valence-electron chi connectivity index (χ3n) is 5.87. The SMILES string of the molecule is CCOC(=O)C1C(C)=NC2=C(C(=O)C[C@@H](c3ccc(OC)cc3)C2)[C@@H]1c1cccs1. The second-order valence-corrected chi connectivity index (χ2v) is 8.62. The summed E-state index contributed by atoms with van der Waals surface area (Å²) in [6, 6.07) is 11.8. The molecule has 5 nitrogen and oxygen atoms in total. The molecule has 0 amide bonds. The topological polar surface area (TPSA) is 65.0 Å². The lowest BCUT2D eigenvalue weighted by atomic mass is 9.71. The monoisotopic (exact) mass is 423 g/mol. The fourth-order valence-electron chi connectivity index (χ4n) is 4.48. The van der Waals surface area contributed by atoms with Crippen LogP contribution in [-0.4, -0.2) is 31.2 Å². The van der Waals surface area contributed by atoms with Crippen LogP contribution < -0.4 is 4.74 Å². The highest BCUT2D eigenvalue weighted by Crippen LogP contribution is 2.47. The molecule has 2 aromatic rings. The lowest BCUT2D eigenvalue weighted by molar-refractivity contribution is -0.146. The van der Waals surface area contributed by atoms with Crippen molar-refractivity contribution >= 4 is 28.8 Å². The number of esters is 1. The largest absolute Gasteiger partial charge is 0.497 e. The Morgan fingerprint density at radius 1 is 1.20 bits per heavy atom. The minimum Gasteiger partial charge on any atom is -0.497 e. The fourth-order valence-corrected chi connectivity index (χ4v) is 5.36. The molecule has 1 aromatic heterocycles. The predicted octanol–water partition coefficient (Wildman–Crippen LogP) is 4.89. The van der Waals surface area contributed by atoms with E-state index < -0.39 is 5.92 Å². The van der Waals surface area contributed by atoms with E-state index in [0.717, 1.165) is 21.9 Å². The number of thiophene rings is 1. The molecule has 2 heterocycles. The molecule has 1 aromatic carbocycles. The first-order valence-corrected chi connectivity index (χ1v) is 11.1. The maximum Gasteiger partial charge on any atom is 0.315 e. The number of carbonyl (C=O) groups excluding carboxylic acids is 2. The average molecular weight is 424 g/mol. The highest BCUT2D eigenvalue weighted by atomic mass is 32.1. The Labute approximate surface area is 180 Å². The number of carbonyl (C=O) groups is 2. The Balaban J connectivity index is 1.73. The zero-order chi connectivity index (χ0) is 21.3. The number of hydrogen-bond acceptors (Lipinski definition) is 6. The minimum absolute atomic E-state index is 0.0704. The maximum absolute atomic E-state index is 13.4. The van der Waals surface area contributed by atoms with Crippen molar-refractivity contribution < 1.29 is 19.1 Å². The van der Waals surface area contributed by atoms with Crippen molar-refractivity contribution in [3.8, 4) is 5.75 Å². The number of aliphatic imine (C=N–C) groups is 1. The molecule has 2 aliphatic rings. The summed E-state index contributed by atoms with van der Waals surface area (Å²) in [5, 5.41) is 1.98. The van der Waals surface area contributed by atoms with Crippen LogP contribution in [0.15, 0.2) is 58.0 Å². The summed E-state index contributed by atoms with van der Waals surface area (Å²) < 4.78 is 10.6. The van der Waals surface area contributed by atoms with Crippen molar-refractivity contribution in [2.24, 2.45) is 10.9 Å². The molecule has 0 radical (unpaired) electrons. The van der Waals surface area contributed by atoms with Crippen molar-refractivity contribution in [3.63, 3.8) is 0 Å². The Morgan fingerprint density at radius 2 is 1.97 bits per heavy atom. The highest BCUT2D eigenvalue weighted by molar-refractivity contribution is 7.10. The number of methoxy groups -OCH3 is 1. The van der Waals surface area contributed by atoms with Gasteiger partial charge in [0.25, 0.3) is 0 Å². The smallest absolute Gasteiger partial charge is 0.315 e. The molecule has 156 valence electrons. The van der Waals surface area contributed by atoms with Crippen LogP contribution in [-0.2, 0) is 14.3 Å². The molecular formula is C24H25NO4S. The zero-order valence-electron chi connectivity index (χ0n) is 17.4. The third kappa shape index (κ3) is 3.72. The van der Waals surface area contributed by atoms with Crippen LogP contribution in [0.2, 0.25) is 0 Å². The first-order chi connectivity index (χ1) is 14.5. The number of hydrogen-bond donors (Lipinski definition) is 0. The van der Waals surface area contributed by atoms with Crippen molar-refractivity contribution in [1.29, 1.82) is 0 Å². The van der Waals surface area contributed by atoms with E-state index in [9.17, 15) is 9.59 Å². The van der Waals surface area contributed by atoms with Crippen LogP contribution in [0.5, 0.6) is 5.75 Å². The van der Waals surface area contributed by atoms with E-state index >= 15 is 0 Å². The molecule has 0 bridgehead atoms. The summed E-state index contributed by atoms with van der Waals surface area (Å²) in [6.07, 6.45) is 1.10. The number of allylic oxidation sites excluding steroid dienone is 2. The van der Waals surface area contributed by atoms with Crippen LogP contribution in [0, 0.1) is 5.92 Å². The van der Waals surface area contributed by atoms with Crippen molar-refractivity contribution in [2.75, 3.05) is 13.7 Å². The molecule has 0 saturated heterocycles. The zero-order valence-corrected chi connectivity index (χ0v) is 18.2. The lowest BCUT2D eigenvalue weighted by Crippen LogP contribution is -2.37. The van der Waals surface area contributed by atoms with E-state index in [1.165, 1.54) is 0 Å². The molecule has 1 aliphatic carbocycles. The number of ketones is 1.